The van der Waals surface area contributed by atoms with E-state index in [4.69, 9.17) is 10.5 Å². The Bertz CT molecular complexity index is 451. The molecule has 146 valence electrons. The average Bonchev–Trinajstić information content (AvgIpc) is 2.90. The van der Waals surface area contributed by atoms with Gasteiger partial charge in [-0.25, -0.2) is 4.79 Å². The van der Waals surface area contributed by atoms with Crippen LogP contribution in [-0.4, -0.2) is 72.3 Å². The van der Waals surface area contributed by atoms with Gasteiger partial charge >= 0.3 is 6.09 Å². The number of carbonyl (C=O) groups excluding carboxylic acids is 1. The Kier molecular flexibility index (Phi) is 6.74. The fourth-order valence-corrected chi connectivity index (χ4v) is 4.22. The van der Waals surface area contributed by atoms with Crippen LogP contribution in [-0.2, 0) is 4.74 Å². The van der Waals surface area contributed by atoms with Crippen molar-refractivity contribution in [2.45, 2.75) is 83.6 Å². The first-order valence-electron chi connectivity index (χ1n) is 9.74. The van der Waals surface area contributed by atoms with Crippen molar-refractivity contribution in [3.05, 3.63) is 0 Å². The summed E-state index contributed by atoms with van der Waals surface area (Å²) in [7, 11) is 2.18. The standard InChI is InChI=1S/C19H38N4O2/c1-13(9-15-10-16(20)11-22(6)14(15)2)23-8-7-17(12-23)21-18(24)25-19(3,4)5/h13-17H,7-12,20H2,1-6H3,(H,21,24)/t13?,14-,15?,16-,17?/m1/s1. The molecule has 0 bridgehead atoms. The van der Waals surface area contributed by atoms with Gasteiger partial charge in [-0.3, -0.25) is 4.90 Å². The minimum atomic E-state index is -0.447. The van der Waals surface area contributed by atoms with Crippen LogP contribution in [0.2, 0.25) is 0 Å². The molecule has 0 radical (unpaired) electrons. The first kappa shape index (κ1) is 20.5. The number of nitrogens with one attached hydrogen (secondary N) is 1. The van der Waals surface area contributed by atoms with Crippen molar-refractivity contribution in [3.63, 3.8) is 0 Å². The fraction of sp³-hybridized carbons (Fsp3) is 0.947. The number of rotatable bonds is 4. The summed E-state index contributed by atoms with van der Waals surface area (Å²) in [6.45, 7) is 13.2. The highest BCUT2D eigenvalue weighted by molar-refractivity contribution is 5.68. The van der Waals surface area contributed by atoms with Crippen LogP contribution in [0.4, 0.5) is 4.79 Å². The summed E-state index contributed by atoms with van der Waals surface area (Å²) in [5.41, 5.74) is 5.77. The number of hydrogen-bond acceptors (Lipinski definition) is 5. The Morgan fingerprint density at radius 2 is 2.04 bits per heavy atom. The van der Waals surface area contributed by atoms with Gasteiger partial charge in [0.1, 0.15) is 5.60 Å². The third-order valence-corrected chi connectivity index (χ3v) is 5.71. The molecule has 6 heteroatoms. The lowest BCUT2D eigenvalue weighted by atomic mass is 9.83. The number of hydrogen-bond donors (Lipinski definition) is 2. The van der Waals surface area contributed by atoms with Gasteiger partial charge in [0.25, 0.3) is 0 Å². The zero-order valence-corrected chi connectivity index (χ0v) is 16.9. The third kappa shape index (κ3) is 6.12. The Balaban J connectivity index is 1.80. The first-order valence-corrected chi connectivity index (χ1v) is 9.74. The largest absolute Gasteiger partial charge is 0.444 e. The summed E-state index contributed by atoms with van der Waals surface area (Å²) in [6.07, 6.45) is 2.96. The molecule has 5 atom stereocenters. The van der Waals surface area contributed by atoms with E-state index in [1.165, 1.54) is 6.42 Å². The van der Waals surface area contributed by atoms with Crippen LogP contribution in [0.3, 0.4) is 0 Å². The molecule has 1 amide bonds. The minimum Gasteiger partial charge on any atom is -0.444 e. The van der Waals surface area contributed by atoms with E-state index in [-0.39, 0.29) is 12.1 Å². The monoisotopic (exact) mass is 354 g/mol. The number of nitrogens with two attached hydrogens (primary N) is 1. The predicted octanol–water partition coefficient (Wildman–Crippen LogP) is 2.03. The molecule has 3 N–H and O–H groups in total. The summed E-state index contributed by atoms with van der Waals surface area (Å²) < 4.78 is 5.37. The Hall–Kier alpha value is -0.850. The van der Waals surface area contributed by atoms with Crippen LogP contribution >= 0.6 is 0 Å². The second-order valence-corrected chi connectivity index (χ2v) is 9.15. The number of nitrogens with zero attached hydrogens (tertiary/aromatic N) is 2. The van der Waals surface area contributed by atoms with E-state index in [2.05, 4.69) is 36.0 Å². The molecular weight excluding hydrogens is 316 g/mol. The smallest absolute Gasteiger partial charge is 0.407 e. The summed E-state index contributed by atoms with van der Waals surface area (Å²) in [5, 5.41) is 3.02. The Morgan fingerprint density at radius 1 is 1.36 bits per heavy atom. The van der Waals surface area contributed by atoms with Crippen LogP contribution in [0, 0.1) is 5.92 Å². The quantitative estimate of drug-likeness (QED) is 0.808. The number of carbonyl (C=O) groups is 1. The van der Waals surface area contributed by atoms with Crippen molar-refractivity contribution < 1.29 is 9.53 Å². The van der Waals surface area contributed by atoms with E-state index in [9.17, 15) is 4.79 Å². The molecule has 6 nitrogen and oxygen atoms in total. The van der Waals surface area contributed by atoms with E-state index in [1.807, 2.05) is 20.8 Å². The average molecular weight is 355 g/mol. The second-order valence-electron chi connectivity index (χ2n) is 9.15. The molecule has 2 fully saturated rings. The lowest BCUT2D eigenvalue weighted by Gasteiger charge is -2.42. The van der Waals surface area contributed by atoms with Crippen LogP contribution in [0.5, 0.6) is 0 Å². The van der Waals surface area contributed by atoms with Crippen molar-refractivity contribution in [2.24, 2.45) is 11.7 Å². The van der Waals surface area contributed by atoms with Crippen LogP contribution in [0.25, 0.3) is 0 Å². The van der Waals surface area contributed by atoms with Crippen molar-refractivity contribution in [3.8, 4) is 0 Å². The molecule has 25 heavy (non-hydrogen) atoms. The van der Waals surface area contributed by atoms with E-state index in [1.54, 1.807) is 0 Å². The molecular formula is C19H38N4O2. The lowest BCUT2D eigenvalue weighted by Crippen LogP contribution is -2.51. The molecule has 2 rings (SSSR count). The van der Waals surface area contributed by atoms with E-state index < -0.39 is 5.60 Å². The normalized spacial score (nSPS) is 33.2. The minimum absolute atomic E-state index is 0.186. The highest BCUT2D eigenvalue weighted by Gasteiger charge is 2.34. The maximum absolute atomic E-state index is 12.0. The van der Waals surface area contributed by atoms with Gasteiger partial charge in [-0.2, -0.15) is 0 Å². The number of alkyl carbamates (subject to hydrolysis) is 1. The lowest BCUT2D eigenvalue weighted by molar-refractivity contribution is 0.0502. The van der Waals surface area contributed by atoms with Crippen LogP contribution in [0.15, 0.2) is 0 Å². The number of amides is 1. The second kappa shape index (κ2) is 8.23. The topological polar surface area (TPSA) is 70.8 Å². The summed E-state index contributed by atoms with van der Waals surface area (Å²) >= 11 is 0. The summed E-state index contributed by atoms with van der Waals surface area (Å²) in [5.74, 6) is 0.640. The zero-order valence-electron chi connectivity index (χ0n) is 16.9. The Morgan fingerprint density at radius 3 is 2.68 bits per heavy atom. The van der Waals surface area contributed by atoms with Gasteiger partial charge in [0.2, 0.25) is 0 Å². The Labute approximate surface area is 153 Å². The van der Waals surface area contributed by atoms with Crippen LogP contribution in [0.1, 0.15) is 53.9 Å². The van der Waals surface area contributed by atoms with E-state index in [0.29, 0.717) is 24.0 Å². The maximum atomic E-state index is 12.0. The highest BCUT2D eigenvalue weighted by atomic mass is 16.6. The molecule has 3 unspecified atom stereocenters. The number of piperidine rings is 1. The molecule has 0 aromatic rings. The van der Waals surface area contributed by atoms with E-state index >= 15 is 0 Å². The molecule has 0 aromatic carbocycles. The molecule has 2 aliphatic heterocycles. The molecule has 0 saturated carbocycles. The number of likely N-dealkylation sites (tertiary alicyclic amines) is 2. The molecule has 0 aliphatic carbocycles. The van der Waals surface area contributed by atoms with E-state index in [0.717, 1.165) is 32.5 Å². The van der Waals surface area contributed by atoms with Gasteiger partial charge < -0.3 is 20.7 Å². The van der Waals surface area contributed by atoms with Crippen molar-refractivity contribution >= 4 is 6.09 Å². The van der Waals surface area contributed by atoms with Crippen molar-refractivity contribution in [1.82, 2.24) is 15.1 Å². The summed E-state index contributed by atoms with van der Waals surface area (Å²) in [6, 6.07) is 1.57. The maximum Gasteiger partial charge on any atom is 0.407 e. The molecule has 0 spiro atoms. The number of ether oxygens (including phenoxy) is 1. The van der Waals surface area contributed by atoms with Gasteiger partial charge in [-0.15, -0.1) is 0 Å². The van der Waals surface area contributed by atoms with Gasteiger partial charge in [0, 0.05) is 43.8 Å². The molecule has 2 aliphatic rings. The van der Waals surface area contributed by atoms with Gasteiger partial charge in [-0.05, 0) is 66.8 Å². The van der Waals surface area contributed by atoms with Crippen molar-refractivity contribution in [1.29, 1.82) is 0 Å². The van der Waals surface area contributed by atoms with Crippen LogP contribution < -0.4 is 11.1 Å². The van der Waals surface area contributed by atoms with Crippen molar-refractivity contribution in [2.75, 3.05) is 26.7 Å². The number of likely N-dealkylation sites (N-methyl/N-ethyl adjacent to an activating group) is 1. The molecule has 0 aromatic heterocycles. The first-order chi connectivity index (χ1) is 11.5. The predicted molar refractivity (Wildman–Crippen MR) is 102 cm³/mol. The summed E-state index contributed by atoms with van der Waals surface area (Å²) in [4.78, 5) is 16.8. The van der Waals surface area contributed by atoms with Gasteiger partial charge in [0.05, 0.1) is 0 Å². The SMILES string of the molecule is CC(CC1C[C@@H](N)CN(C)[C@@H]1C)N1CCC(NC(=O)OC(C)(C)C)C1. The fourth-order valence-electron chi connectivity index (χ4n) is 4.22. The van der Waals surface area contributed by atoms with Gasteiger partial charge in [0.15, 0.2) is 0 Å². The highest BCUT2D eigenvalue weighted by Crippen LogP contribution is 2.28. The third-order valence-electron chi connectivity index (χ3n) is 5.71. The molecule has 2 saturated heterocycles. The zero-order chi connectivity index (χ0) is 18.8. The molecule has 2 heterocycles. The van der Waals surface area contributed by atoms with Gasteiger partial charge in [-0.1, -0.05) is 0 Å².